The lowest BCUT2D eigenvalue weighted by Crippen LogP contribution is -2.52. The maximum atomic E-state index is 13.4. The summed E-state index contributed by atoms with van der Waals surface area (Å²) in [5, 5.41) is 13.1. The van der Waals surface area contributed by atoms with Crippen LogP contribution in [0.3, 0.4) is 0 Å². The molecule has 2 aromatic carbocycles. The maximum Gasteiger partial charge on any atom is 0.273 e. The number of non-ortho nitro benzene ring substituents is 1. The number of carbonyl (C=O) groups excluding carboxylic acids is 4. The van der Waals surface area contributed by atoms with Gasteiger partial charge in [0.1, 0.15) is 6.54 Å². The molecule has 0 aromatic heterocycles. The number of amides is 3. The largest absolute Gasteiger partial charge is 0.292 e. The molecule has 10 heteroatoms. The number of nitro groups is 1. The number of carbonyl (C=O) groups is 4. The standard InChI is InChI=1S/C24H20ClN3O6/c1-14-5-10-19-20(11-14)24(32)27(23(19)31)26(22(30)15-6-8-17(25)9-7-15)13-21(29)16-3-2-4-18(12-16)28(33)34/h2-9,12,19-20H,10-11,13H2,1H3/t19-,20+/m0/s1. The Bertz CT molecular complexity index is 1240. The summed E-state index contributed by atoms with van der Waals surface area (Å²) in [6.45, 7) is 1.23. The third-order valence-electron chi connectivity index (χ3n) is 6.04. The molecule has 0 N–H and O–H groups in total. The Morgan fingerprint density at radius 2 is 1.76 bits per heavy atom. The van der Waals surface area contributed by atoms with Crippen molar-refractivity contribution >= 4 is 40.8 Å². The summed E-state index contributed by atoms with van der Waals surface area (Å²) in [5.74, 6) is -3.70. The second kappa shape index (κ2) is 9.18. The third kappa shape index (κ3) is 4.34. The predicted molar refractivity (Wildman–Crippen MR) is 122 cm³/mol. The van der Waals surface area contributed by atoms with Crippen LogP contribution in [0.1, 0.15) is 40.5 Å². The fraction of sp³-hybridized carbons (Fsp3) is 0.250. The molecule has 34 heavy (non-hydrogen) atoms. The van der Waals surface area contributed by atoms with Crippen LogP contribution in [0.25, 0.3) is 0 Å². The first-order valence-corrected chi connectivity index (χ1v) is 10.9. The number of hydrogen-bond acceptors (Lipinski definition) is 6. The van der Waals surface area contributed by atoms with Crippen molar-refractivity contribution in [3.8, 4) is 0 Å². The highest BCUT2D eigenvalue weighted by molar-refractivity contribution is 6.30. The summed E-state index contributed by atoms with van der Waals surface area (Å²) in [5.41, 5.74) is 0.799. The number of hydrazine groups is 1. The van der Waals surface area contributed by atoms with Crippen LogP contribution >= 0.6 is 11.6 Å². The Hall–Kier alpha value is -3.85. The minimum atomic E-state index is -0.736. The highest BCUT2D eigenvalue weighted by atomic mass is 35.5. The first-order chi connectivity index (χ1) is 16.2. The van der Waals surface area contributed by atoms with E-state index in [1.165, 1.54) is 42.5 Å². The van der Waals surface area contributed by atoms with E-state index < -0.39 is 46.8 Å². The number of rotatable bonds is 6. The van der Waals surface area contributed by atoms with Crippen molar-refractivity contribution in [3.63, 3.8) is 0 Å². The van der Waals surface area contributed by atoms with E-state index in [9.17, 15) is 29.3 Å². The summed E-state index contributed by atoms with van der Waals surface area (Å²) < 4.78 is 0. The lowest BCUT2D eigenvalue weighted by atomic mass is 9.82. The van der Waals surface area contributed by atoms with Gasteiger partial charge in [-0.2, -0.15) is 5.01 Å². The highest BCUT2D eigenvalue weighted by Gasteiger charge is 2.51. The Morgan fingerprint density at radius 3 is 2.44 bits per heavy atom. The molecule has 3 amide bonds. The Balaban J connectivity index is 1.70. The topological polar surface area (TPSA) is 118 Å². The molecule has 1 aliphatic carbocycles. The normalized spacial score (nSPS) is 19.5. The predicted octanol–water partition coefficient (Wildman–Crippen LogP) is 3.83. The number of ketones is 1. The van der Waals surface area contributed by atoms with E-state index in [1.807, 2.05) is 13.0 Å². The fourth-order valence-electron chi connectivity index (χ4n) is 4.25. The molecule has 9 nitrogen and oxygen atoms in total. The number of hydrogen-bond donors (Lipinski definition) is 0. The molecule has 0 spiro atoms. The van der Waals surface area contributed by atoms with Gasteiger partial charge in [-0.05, 0) is 44.0 Å². The summed E-state index contributed by atoms with van der Waals surface area (Å²) in [4.78, 5) is 63.4. The van der Waals surface area contributed by atoms with Gasteiger partial charge < -0.3 is 0 Å². The number of imide groups is 1. The minimum absolute atomic E-state index is 0.0165. The molecular formula is C24H20ClN3O6. The first-order valence-electron chi connectivity index (χ1n) is 10.6. The second-order valence-electron chi connectivity index (χ2n) is 8.29. The molecule has 2 aliphatic rings. The number of fused-ring (bicyclic) bond motifs is 1. The van der Waals surface area contributed by atoms with E-state index in [0.29, 0.717) is 17.9 Å². The molecular weight excluding hydrogens is 462 g/mol. The number of halogens is 1. The van der Waals surface area contributed by atoms with E-state index in [1.54, 1.807) is 0 Å². The van der Waals surface area contributed by atoms with E-state index in [0.717, 1.165) is 21.7 Å². The van der Waals surface area contributed by atoms with Crippen LogP contribution in [-0.2, 0) is 9.59 Å². The SMILES string of the molecule is CC1=CC[C@@H]2C(=O)N(N(CC(=O)c3cccc([N+](=O)[O-])c3)C(=O)c3ccc(Cl)cc3)C(=O)[C@@H]2C1. The summed E-state index contributed by atoms with van der Waals surface area (Å²) in [6, 6.07) is 10.9. The van der Waals surface area contributed by atoms with Crippen LogP contribution in [0.5, 0.6) is 0 Å². The first kappa shape index (κ1) is 23.3. The Morgan fingerprint density at radius 1 is 1.09 bits per heavy atom. The molecule has 1 heterocycles. The van der Waals surface area contributed by atoms with Gasteiger partial charge in [0.05, 0.1) is 16.8 Å². The van der Waals surface area contributed by atoms with E-state index in [2.05, 4.69) is 0 Å². The Kier molecular flexibility index (Phi) is 6.30. The van der Waals surface area contributed by atoms with Crippen LogP contribution in [0.15, 0.2) is 60.2 Å². The van der Waals surface area contributed by atoms with Crippen LogP contribution in [0, 0.1) is 22.0 Å². The average molecular weight is 482 g/mol. The monoisotopic (exact) mass is 481 g/mol. The molecule has 0 unspecified atom stereocenters. The summed E-state index contributed by atoms with van der Waals surface area (Å²) >= 11 is 5.91. The molecule has 2 atom stereocenters. The van der Waals surface area contributed by atoms with Gasteiger partial charge in [-0.1, -0.05) is 35.4 Å². The van der Waals surface area contributed by atoms with Crippen molar-refractivity contribution in [3.05, 3.63) is 86.4 Å². The number of nitro benzene ring substituents is 1. The zero-order chi connectivity index (χ0) is 24.6. The molecule has 0 saturated carbocycles. The minimum Gasteiger partial charge on any atom is -0.292 e. The zero-order valence-corrected chi connectivity index (χ0v) is 18.9. The van der Waals surface area contributed by atoms with Gasteiger partial charge in [0.25, 0.3) is 23.4 Å². The van der Waals surface area contributed by atoms with E-state index in [4.69, 9.17) is 11.6 Å². The molecule has 4 rings (SSSR count). The maximum absolute atomic E-state index is 13.4. The van der Waals surface area contributed by atoms with Crippen molar-refractivity contribution in [2.24, 2.45) is 11.8 Å². The lowest BCUT2D eigenvalue weighted by molar-refractivity contribution is -0.384. The van der Waals surface area contributed by atoms with Crippen molar-refractivity contribution in [2.75, 3.05) is 6.54 Å². The van der Waals surface area contributed by atoms with Gasteiger partial charge in [0.15, 0.2) is 5.78 Å². The van der Waals surface area contributed by atoms with Crippen LogP contribution in [0.2, 0.25) is 5.02 Å². The van der Waals surface area contributed by atoms with Gasteiger partial charge in [-0.3, -0.25) is 29.3 Å². The Labute approximate surface area is 199 Å². The van der Waals surface area contributed by atoms with Gasteiger partial charge in [0.2, 0.25) is 0 Å². The molecule has 0 radical (unpaired) electrons. The molecule has 1 saturated heterocycles. The second-order valence-corrected chi connectivity index (χ2v) is 8.73. The lowest BCUT2D eigenvalue weighted by Gasteiger charge is -2.30. The smallest absolute Gasteiger partial charge is 0.273 e. The molecule has 0 bridgehead atoms. The van der Waals surface area contributed by atoms with Gasteiger partial charge >= 0.3 is 0 Å². The van der Waals surface area contributed by atoms with Crippen molar-refractivity contribution in [1.82, 2.24) is 10.0 Å². The van der Waals surface area contributed by atoms with Gasteiger partial charge in [-0.15, -0.1) is 0 Å². The van der Waals surface area contributed by atoms with E-state index >= 15 is 0 Å². The van der Waals surface area contributed by atoms with Crippen molar-refractivity contribution < 1.29 is 24.1 Å². The summed E-state index contributed by atoms with van der Waals surface area (Å²) in [6.07, 6.45) is 2.67. The van der Waals surface area contributed by atoms with Gasteiger partial charge in [0, 0.05) is 28.3 Å². The summed E-state index contributed by atoms with van der Waals surface area (Å²) in [7, 11) is 0. The average Bonchev–Trinajstić information content (AvgIpc) is 3.06. The number of Topliss-reactive ketones (excluding diaryl/α,β-unsaturated/α-hetero) is 1. The van der Waals surface area contributed by atoms with Crippen molar-refractivity contribution in [2.45, 2.75) is 19.8 Å². The quantitative estimate of drug-likeness (QED) is 0.203. The molecule has 1 aliphatic heterocycles. The zero-order valence-electron chi connectivity index (χ0n) is 18.1. The van der Waals surface area contributed by atoms with Gasteiger partial charge in [-0.25, -0.2) is 5.01 Å². The van der Waals surface area contributed by atoms with Crippen molar-refractivity contribution in [1.29, 1.82) is 0 Å². The third-order valence-corrected chi connectivity index (χ3v) is 6.29. The molecule has 2 aromatic rings. The number of allylic oxidation sites excluding steroid dienone is 2. The van der Waals surface area contributed by atoms with Crippen LogP contribution in [-0.4, -0.2) is 45.0 Å². The molecule has 1 fully saturated rings. The fourth-order valence-corrected chi connectivity index (χ4v) is 4.38. The van der Waals surface area contributed by atoms with E-state index in [-0.39, 0.29) is 16.8 Å². The number of benzene rings is 2. The molecule has 174 valence electrons. The van der Waals surface area contributed by atoms with Crippen LogP contribution < -0.4 is 0 Å². The highest BCUT2D eigenvalue weighted by Crippen LogP contribution is 2.38. The van der Waals surface area contributed by atoms with Crippen LogP contribution in [0.4, 0.5) is 5.69 Å². The number of nitrogens with zero attached hydrogens (tertiary/aromatic N) is 3.